The zero-order chi connectivity index (χ0) is 19.6. The minimum absolute atomic E-state index is 0.222. The van der Waals surface area contributed by atoms with Crippen LogP contribution in [0.15, 0.2) is 40.8 Å². The third-order valence-electron chi connectivity index (χ3n) is 4.24. The molecule has 0 spiro atoms. The Labute approximate surface area is 170 Å². The van der Waals surface area contributed by atoms with E-state index in [-0.39, 0.29) is 11.9 Å². The molecule has 2 aromatic carbocycles. The second kappa shape index (κ2) is 8.08. The molecule has 7 heteroatoms. The Morgan fingerprint density at radius 3 is 2.37 bits per heavy atom. The average molecular weight is 481 g/mol. The molecule has 1 unspecified atom stereocenters. The Kier molecular flexibility index (Phi) is 5.79. The summed E-state index contributed by atoms with van der Waals surface area (Å²) in [5.74, 6) is 2.17. The van der Waals surface area contributed by atoms with Gasteiger partial charge in [-0.05, 0) is 53.8 Å². The minimum atomic E-state index is -0.321. The van der Waals surface area contributed by atoms with Gasteiger partial charge in [-0.2, -0.15) is 0 Å². The molecule has 1 amide bonds. The maximum Gasteiger partial charge on any atom is 0.253 e. The SMILES string of the molecule is COc1cc(I)c(C(=O)NC(C)c2cc3cccc(OC)c3o2)cc1OC. The van der Waals surface area contributed by atoms with Crippen molar-refractivity contribution in [3.05, 3.63) is 51.3 Å². The Morgan fingerprint density at radius 1 is 1.04 bits per heavy atom. The van der Waals surface area contributed by atoms with Gasteiger partial charge < -0.3 is 23.9 Å². The lowest BCUT2D eigenvalue weighted by Crippen LogP contribution is -2.27. The molecule has 3 rings (SSSR count). The summed E-state index contributed by atoms with van der Waals surface area (Å²) in [5.41, 5.74) is 1.17. The standard InChI is InChI=1S/C20H20INO5/c1-11(16-8-12-6-5-7-15(24-2)19(12)27-16)22-20(23)13-9-17(25-3)18(26-4)10-14(13)21/h5-11H,1-4H3,(H,22,23). The Balaban J connectivity index is 1.86. The number of benzene rings is 2. The normalized spacial score (nSPS) is 11.9. The molecule has 1 N–H and O–H groups in total. The fraction of sp³-hybridized carbons (Fsp3) is 0.250. The van der Waals surface area contributed by atoms with Crippen molar-refractivity contribution >= 4 is 39.5 Å². The highest BCUT2D eigenvalue weighted by Gasteiger charge is 2.20. The summed E-state index contributed by atoms with van der Waals surface area (Å²) in [6, 6.07) is 10.7. The number of nitrogens with one attached hydrogen (secondary N) is 1. The number of halogens is 1. The number of carbonyl (C=O) groups excluding carboxylic acids is 1. The number of furan rings is 1. The lowest BCUT2D eigenvalue weighted by Gasteiger charge is -2.14. The first-order valence-corrected chi connectivity index (χ1v) is 9.35. The number of para-hydroxylation sites is 1. The van der Waals surface area contributed by atoms with Crippen LogP contribution in [0.2, 0.25) is 0 Å². The molecule has 142 valence electrons. The third-order valence-corrected chi connectivity index (χ3v) is 5.13. The molecule has 0 aliphatic rings. The second-order valence-electron chi connectivity index (χ2n) is 5.91. The van der Waals surface area contributed by atoms with E-state index < -0.39 is 0 Å². The molecule has 0 fully saturated rings. The molecule has 1 heterocycles. The molecule has 1 aromatic heterocycles. The first-order valence-electron chi connectivity index (χ1n) is 8.27. The van der Waals surface area contributed by atoms with Crippen LogP contribution >= 0.6 is 22.6 Å². The first-order chi connectivity index (χ1) is 13.0. The number of ether oxygens (including phenoxy) is 3. The summed E-state index contributed by atoms with van der Waals surface area (Å²) in [6.07, 6.45) is 0. The van der Waals surface area contributed by atoms with Gasteiger partial charge in [0.2, 0.25) is 0 Å². The molecular formula is C20H20INO5. The highest BCUT2D eigenvalue weighted by atomic mass is 127. The van der Waals surface area contributed by atoms with E-state index in [1.807, 2.05) is 31.2 Å². The molecule has 27 heavy (non-hydrogen) atoms. The highest BCUT2D eigenvalue weighted by Crippen LogP contribution is 2.33. The van der Waals surface area contributed by atoms with Crippen LogP contribution in [0.4, 0.5) is 0 Å². The zero-order valence-corrected chi connectivity index (χ0v) is 17.6. The first kappa shape index (κ1) is 19.3. The van der Waals surface area contributed by atoms with Crippen LogP contribution in [0.25, 0.3) is 11.0 Å². The summed E-state index contributed by atoms with van der Waals surface area (Å²) < 4.78 is 22.6. The van der Waals surface area contributed by atoms with Crippen molar-refractivity contribution in [2.45, 2.75) is 13.0 Å². The van der Waals surface area contributed by atoms with E-state index in [1.165, 1.54) is 7.11 Å². The summed E-state index contributed by atoms with van der Waals surface area (Å²) in [4.78, 5) is 12.8. The molecular weight excluding hydrogens is 461 g/mol. The van der Waals surface area contributed by atoms with Gasteiger partial charge in [-0.1, -0.05) is 12.1 Å². The van der Waals surface area contributed by atoms with E-state index in [1.54, 1.807) is 26.4 Å². The van der Waals surface area contributed by atoms with Crippen molar-refractivity contribution in [2.75, 3.05) is 21.3 Å². The molecule has 0 bridgehead atoms. The van der Waals surface area contributed by atoms with Crippen LogP contribution in [-0.4, -0.2) is 27.2 Å². The van der Waals surface area contributed by atoms with Gasteiger partial charge in [0.25, 0.3) is 5.91 Å². The topological polar surface area (TPSA) is 69.9 Å². The molecule has 0 aliphatic carbocycles. The quantitative estimate of drug-likeness (QED) is 0.524. The van der Waals surface area contributed by atoms with Gasteiger partial charge in [0, 0.05) is 8.96 Å². The molecule has 0 saturated carbocycles. The number of methoxy groups -OCH3 is 3. The summed E-state index contributed by atoms with van der Waals surface area (Å²) in [6.45, 7) is 1.87. The fourth-order valence-electron chi connectivity index (χ4n) is 2.80. The van der Waals surface area contributed by atoms with Gasteiger partial charge in [0.1, 0.15) is 5.76 Å². The number of hydrogen-bond acceptors (Lipinski definition) is 5. The maximum absolute atomic E-state index is 12.8. The van der Waals surface area contributed by atoms with E-state index in [9.17, 15) is 4.79 Å². The molecule has 6 nitrogen and oxygen atoms in total. The smallest absolute Gasteiger partial charge is 0.253 e. The van der Waals surface area contributed by atoms with E-state index in [2.05, 4.69) is 27.9 Å². The highest BCUT2D eigenvalue weighted by molar-refractivity contribution is 14.1. The number of hydrogen-bond donors (Lipinski definition) is 1. The summed E-state index contributed by atoms with van der Waals surface area (Å²) >= 11 is 2.10. The largest absolute Gasteiger partial charge is 0.493 e. The molecule has 0 aliphatic heterocycles. The molecule has 3 aromatic rings. The lowest BCUT2D eigenvalue weighted by atomic mass is 10.1. The van der Waals surface area contributed by atoms with Crippen LogP contribution in [0.1, 0.15) is 29.1 Å². The predicted octanol–water partition coefficient (Wildman–Crippen LogP) is 4.55. The van der Waals surface area contributed by atoms with Crippen LogP contribution in [0.3, 0.4) is 0 Å². The fourth-order valence-corrected chi connectivity index (χ4v) is 3.49. The van der Waals surface area contributed by atoms with Gasteiger partial charge in [0.05, 0.1) is 32.9 Å². The van der Waals surface area contributed by atoms with Crippen molar-refractivity contribution in [2.24, 2.45) is 0 Å². The van der Waals surface area contributed by atoms with Crippen molar-refractivity contribution < 1.29 is 23.4 Å². The van der Waals surface area contributed by atoms with Crippen LogP contribution in [0.5, 0.6) is 17.2 Å². The van der Waals surface area contributed by atoms with Gasteiger partial charge in [0.15, 0.2) is 22.8 Å². The summed E-state index contributed by atoms with van der Waals surface area (Å²) in [7, 11) is 4.70. The minimum Gasteiger partial charge on any atom is -0.493 e. The van der Waals surface area contributed by atoms with Gasteiger partial charge in [-0.15, -0.1) is 0 Å². The Morgan fingerprint density at radius 2 is 1.70 bits per heavy atom. The average Bonchev–Trinajstić information content (AvgIpc) is 3.12. The number of fused-ring (bicyclic) bond motifs is 1. The van der Waals surface area contributed by atoms with E-state index in [0.717, 1.165) is 8.96 Å². The molecule has 0 saturated heterocycles. The third kappa shape index (κ3) is 3.83. The van der Waals surface area contributed by atoms with Crippen LogP contribution in [0, 0.1) is 3.57 Å². The molecule has 0 radical (unpaired) electrons. The summed E-state index contributed by atoms with van der Waals surface area (Å²) in [5, 5.41) is 3.89. The zero-order valence-electron chi connectivity index (χ0n) is 15.5. The lowest BCUT2D eigenvalue weighted by molar-refractivity contribution is 0.0934. The second-order valence-corrected chi connectivity index (χ2v) is 7.07. The van der Waals surface area contributed by atoms with E-state index in [4.69, 9.17) is 18.6 Å². The van der Waals surface area contributed by atoms with Crippen LogP contribution < -0.4 is 19.5 Å². The van der Waals surface area contributed by atoms with Crippen molar-refractivity contribution in [1.82, 2.24) is 5.32 Å². The van der Waals surface area contributed by atoms with Crippen molar-refractivity contribution in [1.29, 1.82) is 0 Å². The Bertz CT molecular complexity index is 982. The number of rotatable bonds is 6. The number of amides is 1. The van der Waals surface area contributed by atoms with Gasteiger partial charge >= 0.3 is 0 Å². The van der Waals surface area contributed by atoms with Crippen LogP contribution in [-0.2, 0) is 0 Å². The number of carbonyl (C=O) groups is 1. The van der Waals surface area contributed by atoms with Crippen molar-refractivity contribution in [3.63, 3.8) is 0 Å². The van der Waals surface area contributed by atoms with E-state index >= 15 is 0 Å². The van der Waals surface area contributed by atoms with Crippen molar-refractivity contribution in [3.8, 4) is 17.2 Å². The predicted molar refractivity (Wildman–Crippen MR) is 111 cm³/mol. The monoisotopic (exact) mass is 481 g/mol. The van der Waals surface area contributed by atoms with Gasteiger partial charge in [-0.3, -0.25) is 4.79 Å². The molecule has 1 atom stereocenters. The maximum atomic E-state index is 12.8. The van der Waals surface area contributed by atoms with Gasteiger partial charge in [-0.25, -0.2) is 0 Å². The van der Waals surface area contributed by atoms with E-state index in [0.29, 0.717) is 34.2 Å². The Hall–Kier alpha value is -2.42.